The molecular weight excluding hydrogens is 220 g/mol. The van der Waals surface area contributed by atoms with Crippen LogP contribution in [0.4, 0.5) is 0 Å². The van der Waals surface area contributed by atoms with Crippen LogP contribution in [0.25, 0.3) is 0 Å². The molecule has 0 aliphatic carbocycles. The first kappa shape index (κ1) is 13.7. The van der Waals surface area contributed by atoms with Crippen LogP contribution in [0.2, 0.25) is 0 Å². The Morgan fingerprint density at radius 2 is 1.47 bits per heavy atom. The lowest BCUT2D eigenvalue weighted by Crippen LogP contribution is -2.50. The zero-order chi connectivity index (χ0) is 12.8. The molecule has 0 atom stereocenters. The van der Waals surface area contributed by atoms with Crippen LogP contribution in [0.3, 0.4) is 0 Å². The highest BCUT2D eigenvalue weighted by Crippen LogP contribution is 2.06. The summed E-state index contributed by atoms with van der Waals surface area (Å²) in [6, 6.07) is 0. The summed E-state index contributed by atoms with van der Waals surface area (Å²) < 4.78 is 0. The maximum atomic E-state index is 11.8. The van der Waals surface area contributed by atoms with Crippen molar-refractivity contribution in [2.75, 3.05) is 26.2 Å². The molecular formula is C12H20N2O3. The van der Waals surface area contributed by atoms with E-state index in [1.807, 2.05) is 0 Å². The van der Waals surface area contributed by atoms with Crippen LogP contribution in [0.15, 0.2) is 0 Å². The number of rotatable bonds is 4. The van der Waals surface area contributed by atoms with E-state index in [0.29, 0.717) is 45.4 Å². The molecule has 1 heterocycles. The smallest absolute Gasteiger partial charge is 0.223 e. The van der Waals surface area contributed by atoms with E-state index >= 15 is 0 Å². The van der Waals surface area contributed by atoms with E-state index in [2.05, 4.69) is 0 Å². The molecule has 0 radical (unpaired) electrons. The van der Waals surface area contributed by atoms with E-state index < -0.39 is 0 Å². The number of ketones is 1. The lowest BCUT2D eigenvalue weighted by molar-refractivity contribution is -0.139. The van der Waals surface area contributed by atoms with Crippen LogP contribution in [-0.2, 0) is 14.4 Å². The third kappa shape index (κ3) is 4.17. The third-order valence-corrected chi connectivity index (χ3v) is 3.09. The summed E-state index contributed by atoms with van der Waals surface area (Å²) in [5.41, 5.74) is 0. The summed E-state index contributed by atoms with van der Waals surface area (Å²) in [4.78, 5) is 37.5. The van der Waals surface area contributed by atoms with Gasteiger partial charge in [0.1, 0.15) is 5.78 Å². The molecule has 5 nitrogen and oxygen atoms in total. The fourth-order valence-corrected chi connectivity index (χ4v) is 1.85. The van der Waals surface area contributed by atoms with Gasteiger partial charge in [0, 0.05) is 52.4 Å². The maximum Gasteiger partial charge on any atom is 0.223 e. The van der Waals surface area contributed by atoms with Gasteiger partial charge in [-0.05, 0) is 0 Å². The Hall–Kier alpha value is -1.39. The van der Waals surface area contributed by atoms with Gasteiger partial charge in [0.2, 0.25) is 11.8 Å². The van der Waals surface area contributed by atoms with Crippen molar-refractivity contribution in [3.63, 3.8) is 0 Å². The molecule has 96 valence electrons. The van der Waals surface area contributed by atoms with Crippen molar-refractivity contribution in [3.05, 3.63) is 0 Å². The average molecular weight is 240 g/mol. The first-order valence-corrected chi connectivity index (χ1v) is 6.09. The number of piperazine rings is 1. The van der Waals surface area contributed by atoms with Crippen molar-refractivity contribution in [1.29, 1.82) is 0 Å². The molecule has 0 spiro atoms. The Morgan fingerprint density at radius 3 is 1.94 bits per heavy atom. The van der Waals surface area contributed by atoms with Gasteiger partial charge in [-0.1, -0.05) is 6.92 Å². The van der Waals surface area contributed by atoms with Crippen LogP contribution < -0.4 is 0 Å². The summed E-state index contributed by atoms with van der Waals surface area (Å²) >= 11 is 0. The average Bonchev–Trinajstić information content (AvgIpc) is 2.35. The number of carbonyl (C=O) groups is 3. The van der Waals surface area contributed by atoms with Gasteiger partial charge in [-0.15, -0.1) is 0 Å². The Labute approximate surface area is 102 Å². The van der Waals surface area contributed by atoms with Crippen LogP contribution in [-0.4, -0.2) is 53.6 Å². The number of Topliss-reactive ketones (excluding diaryl/α,β-unsaturated/α-hetero) is 1. The van der Waals surface area contributed by atoms with Crippen LogP contribution in [0.1, 0.15) is 33.1 Å². The lowest BCUT2D eigenvalue weighted by atomic mass is 10.1. The second-order valence-electron chi connectivity index (χ2n) is 4.28. The molecule has 2 amide bonds. The standard InChI is InChI=1S/C12H20N2O3/c1-3-11(16)4-5-12(17)14-8-6-13(7-9-14)10(2)15/h3-9H2,1-2H3. The molecule has 17 heavy (non-hydrogen) atoms. The van der Waals surface area contributed by atoms with E-state index in [9.17, 15) is 14.4 Å². The number of amides is 2. The minimum Gasteiger partial charge on any atom is -0.339 e. The van der Waals surface area contributed by atoms with E-state index in [1.165, 1.54) is 6.92 Å². The van der Waals surface area contributed by atoms with E-state index in [4.69, 9.17) is 0 Å². The minimum atomic E-state index is 0.0232. The topological polar surface area (TPSA) is 57.7 Å². The summed E-state index contributed by atoms with van der Waals surface area (Å²) in [6.07, 6.45) is 1.13. The molecule has 0 bridgehead atoms. The molecule has 0 aromatic heterocycles. The summed E-state index contributed by atoms with van der Waals surface area (Å²) in [5, 5.41) is 0. The Bertz CT molecular complexity index is 307. The molecule has 1 fully saturated rings. The largest absolute Gasteiger partial charge is 0.339 e. The second-order valence-corrected chi connectivity index (χ2v) is 4.28. The molecule has 0 aromatic carbocycles. The molecule has 0 saturated carbocycles. The molecule has 5 heteroatoms. The number of hydrogen-bond acceptors (Lipinski definition) is 3. The van der Waals surface area contributed by atoms with Gasteiger partial charge in [0.25, 0.3) is 0 Å². The first-order chi connectivity index (χ1) is 8.04. The number of carbonyl (C=O) groups excluding carboxylic acids is 3. The quantitative estimate of drug-likeness (QED) is 0.716. The van der Waals surface area contributed by atoms with Gasteiger partial charge in [-0.2, -0.15) is 0 Å². The normalized spacial score (nSPS) is 15.9. The lowest BCUT2D eigenvalue weighted by Gasteiger charge is -2.34. The Kier molecular flexibility index (Phi) is 5.12. The van der Waals surface area contributed by atoms with Crippen molar-refractivity contribution in [3.8, 4) is 0 Å². The van der Waals surface area contributed by atoms with Crippen molar-refractivity contribution < 1.29 is 14.4 Å². The van der Waals surface area contributed by atoms with Gasteiger partial charge in [-0.25, -0.2) is 0 Å². The predicted molar refractivity (Wildman–Crippen MR) is 63.4 cm³/mol. The highest BCUT2D eigenvalue weighted by Gasteiger charge is 2.22. The fraction of sp³-hybridized carbons (Fsp3) is 0.750. The monoisotopic (exact) mass is 240 g/mol. The number of nitrogens with zero attached hydrogens (tertiary/aromatic N) is 2. The zero-order valence-corrected chi connectivity index (χ0v) is 10.6. The SMILES string of the molecule is CCC(=O)CCC(=O)N1CCN(C(C)=O)CC1. The molecule has 0 N–H and O–H groups in total. The fourth-order valence-electron chi connectivity index (χ4n) is 1.85. The van der Waals surface area contributed by atoms with Gasteiger partial charge < -0.3 is 9.80 Å². The van der Waals surface area contributed by atoms with Crippen molar-refractivity contribution >= 4 is 17.6 Å². The molecule has 0 unspecified atom stereocenters. The van der Waals surface area contributed by atoms with Crippen molar-refractivity contribution in [2.24, 2.45) is 0 Å². The molecule has 1 aliphatic heterocycles. The van der Waals surface area contributed by atoms with Gasteiger partial charge in [0.15, 0.2) is 0 Å². The molecule has 1 rings (SSSR count). The number of hydrogen-bond donors (Lipinski definition) is 0. The summed E-state index contributed by atoms with van der Waals surface area (Å²) in [5.74, 6) is 0.203. The molecule has 1 saturated heterocycles. The molecule has 0 aromatic rings. The third-order valence-electron chi connectivity index (χ3n) is 3.09. The Morgan fingerprint density at radius 1 is 0.941 bits per heavy atom. The zero-order valence-electron chi connectivity index (χ0n) is 10.6. The van der Waals surface area contributed by atoms with Crippen LogP contribution >= 0.6 is 0 Å². The highest BCUT2D eigenvalue weighted by atomic mass is 16.2. The Balaban J connectivity index is 2.31. The minimum absolute atomic E-state index is 0.0232. The molecule has 1 aliphatic rings. The van der Waals surface area contributed by atoms with Gasteiger partial charge >= 0.3 is 0 Å². The highest BCUT2D eigenvalue weighted by molar-refractivity contribution is 5.85. The van der Waals surface area contributed by atoms with Gasteiger partial charge in [-0.3, -0.25) is 14.4 Å². The van der Waals surface area contributed by atoms with E-state index in [0.717, 1.165) is 0 Å². The first-order valence-electron chi connectivity index (χ1n) is 6.09. The van der Waals surface area contributed by atoms with E-state index in [-0.39, 0.29) is 17.6 Å². The van der Waals surface area contributed by atoms with Crippen molar-refractivity contribution in [2.45, 2.75) is 33.1 Å². The van der Waals surface area contributed by atoms with Crippen LogP contribution in [0.5, 0.6) is 0 Å². The van der Waals surface area contributed by atoms with Gasteiger partial charge in [0.05, 0.1) is 0 Å². The summed E-state index contributed by atoms with van der Waals surface area (Å²) in [6.45, 7) is 5.71. The summed E-state index contributed by atoms with van der Waals surface area (Å²) in [7, 11) is 0. The van der Waals surface area contributed by atoms with Crippen LogP contribution in [0, 0.1) is 0 Å². The second kappa shape index (κ2) is 6.37. The maximum absolute atomic E-state index is 11.8. The van der Waals surface area contributed by atoms with E-state index in [1.54, 1.807) is 16.7 Å². The predicted octanol–water partition coefficient (Wildman–Crippen LogP) is 0.436. The van der Waals surface area contributed by atoms with Crippen molar-refractivity contribution in [1.82, 2.24) is 9.80 Å².